The van der Waals surface area contributed by atoms with Crippen LogP contribution in [0.25, 0.3) is 65.3 Å². The number of hydrogen-bond acceptors (Lipinski definition) is 0. The van der Waals surface area contributed by atoms with Crippen molar-refractivity contribution in [3.8, 4) is 34.1 Å². The van der Waals surface area contributed by atoms with Crippen LogP contribution in [-0.4, -0.2) is 5.90 Å². The van der Waals surface area contributed by atoms with E-state index >= 15 is 0 Å². The molecule has 0 heterocycles. The molecule has 0 bridgehead atoms. The number of hydrogen-bond donors (Lipinski definition) is 0. The first-order valence-corrected chi connectivity index (χ1v) is 27.4. The van der Waals surface area contributed by atoms with E-state index in [-0.39, 0.29) is 44.8 Å². The first kappa shape index (κ1) is 52.5. The van der Waals surface area contributed by atoms with Crippen molar-refractivity contribution < 1.29 is 44.8 Å². The first-order chi connectivity index (χ1) is 35.2. The molecule has 0 aliphatic carbocycles. The smallest absolute Gasteiger partial charge is 0.366 e. The van der Waals surface area contributed by atoms with Crippen molar-refractivity contribution >= 4 is 80.2 Å². The van der Waals surface area contributed by atoms with Crippen molar-refractivity contribution in [2.45, 2.75) is 0 Å². The van der Waals surface area contributed by atoms with E-state index < -0.39 is 15.8 Å². The first-order valence-electron chi connectivity index (χ1n) is 24.0. The molecule has 0 unspecified atom stereocenters. The van der Waals surface area contributed by atoms with Gasteiger partial charge in [0.05, 0.1) is 0 Å². The summed E-state index contributed by atoms with van der Waals surface area (Å²) >= 11 is 0. The van der Waals surface area contributed by atoms with Crippen LogP contribution < -0.4 is 21.2 Å². The molecule has 12 aromatic rings. The van der Waals surface area contributed by atoms with E-state index in [0.29, 0.717) is 0 Å². The van der Waals surface area contributed by atoms with Gasteiger partial charge in [0.25, 0.3) is 0 Å². The van der Waals surface area contributed by atoms with Gasteiger partial charge in [0.15, 0.2) is 5.90 Å². The Morgan fingerprint density at radius 3 is 0.658 bits per heavy atom. The zero-order chi connectivity index (χ0) is 48.2. The van der Waals surface area contributed by atoms with Crippen LogP contribution in [0.5, 0.6) is 0 Å². The molecule has 0 aliphatic heterocycles. The topological polar surface area (TPSA) is 0 Å². The van der Waals surface area contributed by atoms with Crippen molar-refractivity contribution in [3.63, 3.8) is 0 Å². The van der Waals surface area contributed by atoms with Crippen LogP contribution >= 0.6 is 15.8 Å². The van der Waals surface area contributed by atoms with Gasteiger partial charge < -0.3 is 12.8 Å². The van der Waals surface area contributed by atoms with Crippen LogP contribution in [0.4, 0.5) is 0 Å². The predicted octanol–water partition coefficient (Wildman–Crippen LogP) is 15.9. The van der Waals surface area contributed by atoms with Gasteiger partial charge in [0, 0.05) is 0 Å². The van der Waals surface area contributed by atoms with Crippen LogP contribution in [0.1, 0.15) is 11.1 Å². The van der Waals surface area contributed by atoms with Crippen LogP contribution in [0, 0.1) is 24.7 Å². The Balaban J connectivity index is 0.000000145. The molecular formula is C69H50Ag2P2+2. The van der Waals surface area contributed by atoms with Crippen LogP contribution in [0.3, 0.4) is 0 Å². The summed E-state index contributed by atoms with van der Waals surface area (Å²) in [7, 11) is -1.69. The maximum absolute atomic E-state index is 7.73. The number of benzene rings is 12. The van der Waals surface area contributed by atoms with E-state index in [4.69, 9.17) is 12.8 Å². The third-order valence-corrected chi connectivity index (χ3v) is 20.0. The zero-order valence-electron chi connectivity index (χ0n) is 39.9. The summed E-state index contributed by atoms with van der Waals surface area (Å²) in [6, 6.07) is 98.5. The molecule has 0 spiro atoms. The van der Waals surface area contributed by atoms with Gasteiger partial charge in [-0.25, -0.2) is 0 Å². The van der Waals surface area contributed by atoms with Crippen molar-refractivity contribution in [3.05, 3.63) is 303 Å². The predicted molar refractivity (Wildman–Crippen MR) is 312 cm³/mol. The zero-order valence-corrected chi connectivity index (χ0v) is 44.8. The van der Waals surface area contributed by atoms with E-state index in [0.717, 1.165) is 32.7 Å². The summed E-state index contributed by atoms with van der Waals surface area (Å²) in [5.41, 5.74) is 6.59. The van der Waals surface area contributed by atoms with Gasteiger partial charge in [-0.2, -0.15) is 0 Å². The Labute approximate surface area is 464 Å². The van der Waals surface area contributed by atoms with Gasteiger partial charge in [-0.15, -0.1) is 11.1 Å². The summed E-state index contributed by atoms with van der Waals surface area (Å²) in [6.07, 6.45) is 15.5. The number of rotatable bonds is 8. The summed E-state index contributed by atoms with van der Waals surface area (Å²) < 4.78 is 0. The summed E-state index contributed by atoms with van der Waals surface area (Å²) in [5, 5.41) is 15.0. The van der Waals surface area contributed by atoms with Crippen LogP contribution in [-0.2, 0) is 44.8 Å². The summed E-state index contributed by atoms with van der Waals surface area (Å²) in [5.74, 6) is 6.53. The molecule has 0 saturated carbocycles. The molecule has 12 rings (SSSR count). The van der Waals surface area contributed by atoms with Gasteiger partial charge in [-0.05, 0) is 92.3 Å². The average Bonchev–Trinajstić information content (AvgIpc) is 3.46. The molecule has 0 atom stereocenters. The molecule has 12 aromatic carbocycles. The minimum absolute atomic E-state index is 0. The normalized spacial score (nSPS) is 10.5. The monoisotopic (exact) mass is 1150 g/mol. The molecule has 73 heavy (non-hydrogen) atoms. The average molecular weight is 1160 g/mol. The minimum Gasteiger partial charge on any atom is -0.366 e. The summed E-state index contributed by atoms with van der Waals surface area (Å²) in [6.45, 7) is 0. The van der Waals surface area contributed by atoms with Crippen LogP contribution in [0.2, 0.25) is 0 Å². The fourth-order valence-electron chi connectivity index (χ4n) is 9.83. The third-order valence-electron chi connectivity index (χ3n) is 13.1. The second-order valence-corrected chi connectivity index (χ2v) is 22.9. The molecule has 0 fully saturated rings. The molecule has 0 saturated heterocycles. The molecule has 0 aromatic heterocycles. The van der Waals surface area contributed by atoms with Crippen molar-refractivity contribution in [2.24, 2.45) is 0 Å². The Kier molecular flexibility index (Phi) is 18.5. The molecule has 4 heteroatoms. The Hall–Kier alpha value is -6.86. The van der Waals surface area contributed by atoms with Crippen molar-refractivity contribution in [2.75, 3.05) is 5.90 Å². The molecule has 0 aliphatic rings. The fourth-order valence-corrected chi connectivity index (χ4v) is 17.6. The number of fused-ring (bicyclic) bond motifs is 4. The van der Waals surface area contributed by atoms with E-state index in [1.54, 1.807) is 0 Å². The molecule has 0 N–H and O–H groups in total. The molecule has 0 radical (unpaired) electrons. The molecule has 0 amide bonds. The Morgan fingerprint density at radius 1 is 0.247 bits per heavy atom. The van der Waals surface area contributed by atoms with Crippen molar-refractivity contribution in [1.29, 1.82) is 0 Å². The maximum Gasteiger partial charge on any atom is 1.00 e. The standard InChI is InChI=1S/C25H22P2.2C22H13.2Ag/c1-5-13-22(14-6-1)26(23-15-7-2-8-16-23)21-27(24-17-9-3-10-18-24)25-19-11-4-12-20-25;2*1-2-17-18-12-6-8-14-20(18)22(16-10-4-3-5-11-16)21-15-9-7-13-19(17)21;;/h1-20H,21H2;2*3-15H;;/q;2*-1;2*+1/p+2. The SMILES string of the molecule is [Ag+].[Ag+].[C-]#Cc1c2ccccc2c(-c2ccccc2)c2ccccc12.[C-]#Cc1c2ccccc2c(-c2ccccc2)c2ccccc12.c1ccc([PH+](C[PH+](c2ccccc2)c2ccccc2)c2ccccc2)cc1. The largest absolute Gasteiger partial charge is 1.00 e. The third kappa shape index (κ3) is 11.7. The second kappa shape index (κ2) is 25.7. The van der Waals surface area contributed by atoms with Crippen LogP contribution in [0.15, 0.2) is 279 Å². The molecule has 0 nitrogen and oxygen atoms in total. The quantitative estimate of drug-likeness (QED) is 0.0468. The second-order valence-electron chi connectivity index (χ2n) is 17.3. The van der Waals surface area contributed by atoms with Crippen molar-refractivity contribution in [1.82, 2.24) is 0 Å². The van der Waals surface area contributed by atoms with Gasteiger partial charge >= 0.3 is 44.8 Å². The molecule has 356 valence electrons. The van der Waals surface area contributed by atoms with E-state index in [2.05, 4.69) is 254 Å². The van der Waals surface area contributed by atoms with E-state index in [1.165, 1.54) is 70.9 Å². The Bertz CT molecular complexity index is 3350. The Morgan fingerprint density at radius 2 is 0.438 bits per heavy atom. The fraction of sp³-hybridized carbons (Fsp3) is 0.0145. The van der Waals surface area contributed by atoms with Gasteiger partial charge in [-0.3, -0.25) is 11.8 Å². The maximum atomic E-state index is 7.73. The van der Waals surface area contributed by atoms with Gasteiger partial charge in [-0.1, -0.05) is 252 Å². The van der Waals surface area contributed by atoms with Gasteiger partial charge in [0.2, 0.25) is 0 Å². The summed E-state index contributed by atoms with van der Waals surface area (Å²) in [4.78, 5) is 0. The van der Waals surface area contributed by atoms with Gasteiger partial charge in [0.1, 0.15) is 37.1 Å². The van der Waals surface area contributed by atoms with E-state index in [1.807, 2.05) is 36.4 Å². The minimum atomic E-state index is -0.847. The van der Waals surface area contributed by atoms with E-state index in [9.17, 15) is 0 Å². The molecular weight excluding hydrogens is 1110 g/mol.